The van der Waals surface area contributed by atoms with Gasteiger partial charge in [-0.2, -0.15) is 0 Å². The molecule has 3 rings (SSSR count). The average molecular weight is 389 g/mol. The number of aliphatic carboxylic acids is 1. The second-order valence-corrected chi connectivity index (χ2v) is 7.44. The maximum atomic E-state index is 13.6. The van der Waals surface area contributed by atoms with Crippen molar-refractivity contribution in [1.29, 1.82) is 0 Å². The molecule has 28 heavy (non-hydrogen) atoms. The van der Waals surface area contributed by atoms with Crippen molar-refractivity contribution in [3.8, 4) is 5.75 Å². The molecule has 0 aliphatic carbocycles. The quantitative estimate of drug-likeness (QED) is 0.307. The second kappa shape index (κ2) is 8.28. The molecule has 152 valence electrons. The number of carboxylic acid groups (broad SMARTS) is 1. The van der Waals surface area contributed by atoms with E-state index in [2.05, 4.69) is 10.6 Å². The molecular weight excluding hydrogens is 362 g/mol. The molecule has 1 aromatic carbocycles. The highest BCUT2D eigenvalue weighted by Crippen LogP contribution is 2.41. The number of anilines is 1. The zero-order valence-corrected chi connectivity index (χ0v) is 16.0. The fourth-order valence-electron chi connectivity index (χ4n) is 4.39. The molecule has 2 heterocycles. The van der Waals surface area contributed by atoms with E-state index >= 15 is 0 Å². The fraction of sp³-hybridized carbons (Fsp3) is 0.550. The monoisotopic (exact) mass is 389 g/mol. The minimum atomic E-state index is -2.12. The predicted octanol–water partition coefficient (Wildman–Crippen LogP) is 0.852. The van der Waals surface area contributed by atoms with Gasteiger partial charge in [0.1, 0.15) is 5.75 Å². The number of hydrogen-bond donors (Lipinski definition) is 4. The van der Waals surface area contributed by atoms with Gasteiger partial charge >= 0.3 is 5.97 Å². The Labute approximate surface area is 163 Å². The van der Waals surface area contributed by atoms with E-state index in [1.54, 1.807) is 0 Å². The van der Waals surface area contributed by atoms with E-state index in [0.29, 0.717) is 44.6 Å². The molecule has 5 N–H and O–H groups in total. The van der Waals surface area contributed by atoms with Crippen molar-refractivity contribution in [3.05, 3.63) is 23.8 Å². The first kappa shape index (κ1) is 20.3. The first-order valence-electron chi connectivity index (χ1n) is 9.63. The highest BCUT2D eigenvalue weighted by Gasteiger charge is 2.59. The van der Waals surface area contributed by atoms with Crippen LogP contribution in [0, 0.1) is 11.3 Å². The third kappa shape index (κ3) is 3.38. The van der Waals surface area contributed by atoms with Crippen LogP contribution in [0.1, 0.15) is 36.0 Å². The molecule has 1 aromatic rings. The van der Waals surface area contributed by atoms with E-state index in [9.17, 15) is 19.5 Å². The number of rotatable bonds is 7. The molecule has 2 atom stereocenters. The van der Waals surface area contributed by atoms with Gasteiger partial charge in [0.15, 0.2) is 17.0 Å². The Morgan fingerprint density at radius 3 is 2.46 bits per heavy atom. The minimum Gasteiger partial charge on any atom is -0.495 e. The van der Waals surface area contributed by atoms with E-state index < -0.39 is 34.9 Å². The number of nitrogens with one attached hydrogen (secondary N) is 2. The smallest absolute Gasteiger partial charge is 0.325 e. The number of benzene rings is 1. The lowest BCUT2D eigenvalue weighted by atomic mass is 9.62. The van der Waals surface area contributed by atoms with Crippen LogP contribution < -0.4 is 21.1 Å². The summed E-state index contributed by atoms with van der Waals surface area (Å²) in [6, 6.07) is 3.77. The number of nitrogens with two attached hydrogens (primary N) is 1. The SMILES string of the molecule is COc1cc(C(=O)C(C(=O)O)(C(=O)[C@H]2CCCN2)C2CCNCC2)ccc1N. The number of carbonyl (C=O) groups is 3. The zero-order chi connectivity index (χ0) is 20.3. The van der Waals surface area contributed by atoms with Gasteiger partial charge in [0, 0.05) is 5.56 Å². The number of carbonyl (C=O) groups excluding carboxylic acids is 2. The lowest BCUT2D eigenvalue weighted by Gasteiger charge is -2.38. The Hall–Kier alpha value is -2.45. The summed E-state index contributed by atoms with van der Waals surface area (Å²) in [4.78, 5) is 39.8. The van der Waals surface area contributed by atoms with E-state index in [1.807, 2.05) is 0 Å². The number of ether oxygens (including phenoxy) is 1. The number of Topliss-reactive ketones (excluding diaryl/α,β-unsaturated/α-hetero) is 2. The number of carboxylic acids is 1. The minimum absolute atomic E-state index is 0.123. The second-order valence-electron chi connectivity index (χ2n) is 7.44. The van der Waals surface area contributed by atoms with Crippen molar-refractivity contribution in [2.75, 3.05) is 32.5 Å². The van der Waals surface area contributed by atoms with E-state index in [1.165, 1.54) is 25.3 Å². The van der Waals surface area contributed by atoms with Crippen molar-refractivity contribution in [1.82, 2.24) is 10.6 Å². The van der Waals surface area contributed by atoms with E-state index in [4.69, 9.17) is 10.5 Å². The van der Waals surface area contributed by atoms with Crippen molar-refractivity contribution >= 4 is 23.2 Å². The normalized spacial score (nSPS) is 22.4. The first-order chi connectivity index (χ1) is 13.4. The third-order valence-corrected chi connectivity index (χ3v) is 5.91. The van der Waals surface area contributed by atoms with Crippen LogP contribution in [-0.2, 0) is 9.59 Å². The number of hydrogen-bond acceptors (Lipinski definition) is 7. The summed E-state index contributed by atoms with van der Waals surface area (Å²) in [7, 11) is 1.42. The largest absolute Gasteiger partial charge is 0.495 e. The number of ketones is 2. The Kier molecular flexibility index (Phi) is 6.00. The van der Waals surface area contributed by atoms with Crippen LogP contribution in [-0.4, -0.2) is 55.4 Å². The van der Waals surface area contributed by atoms with Crippen LogP contribution in [0.5, 0.6) is 5.75 Å². The standard InChI is InChI=1S/C20H27N3O5/c1-28-16-11-12(4-5-14(16)21)17(24)20(19(26)27,13-6-9-22-10-7-13)18(25)15-3-2-8-23-15/h4-5,11,13,15,22-23H,2-3,6-10,21H2,1H3,(H,26,27)/t15-,20?/m1/s1. The summed E-state index contributed by atoms with van der Waals surface area (Å²) >= 11 is 0. The molecule has 2 saturated heterocycles. The van der Waals surface area contributed by atoms with Gasteiger partial charge in [-0.15, -0.1) is 0 Å². The molecule has 0 radical (unpaired) electrons. The van der Waals surface area contributed by atoms with Gasteiger partial charge in [-0.25, -0.2) is 0 Å². The van der Waals surface area contributed by atoms with Crippen molar-refractivity contribution in [3.63, 3.8) is 0 Å². The lowest BCUT2D eigenvalue weighted by Crippen LogP contribution is -2.58. The van der Waals surface area contributed by atoms with Crippen LogP contribution in [0.25, 0.3) is 0 Å². The van der Waals surface area contributed by atoms with Crippen molar-refractivity contribution < 1.29 is 24.2 Å². The zero-order valence-electron chi connectivity index (χ0n) is 16.0. The predicted molar refractivity (Wildman–Crippen MR) is 103 cm³/mol. The average Bonchev–Trinajstić information content (AvgIpc) is 3.24. The Bertz CT molecular complexity index is 769. The molecule has 0 bridgehead atoms. The van der Waals surface area contributed by atoms with Gasteiger partial charge in [-0.3, -0.25) is 14.4 Å². The summed E-state index contributed by atoms with van der Waals surface area (Å²) in [5, 5.41) is 16.5. The summed E-state index contributed by atoms with van der Waals surface area (Å²) < 4.78 is 5.18. The summed E-state index contributed by atoms with van der Waals surface area (Å²) in [5.41, 5.74) is 4.18. The molecular formula is C20H27N3O5. The molecule has 2 fully saturated rings. The topological polar surface area (TPSA) is 131 Å². The highest BCUT2D eigenvalue weighted by atomic mass is 16.5. The molecule has 2 aliphatic rings. The van der Waals surface area contributed by atoms with Crippen molar-refractivity contribution in [2.45, 2.75) is 31.7 Å². The molecule has 2 aliphatic heterocycles. The number of piperidine rings is 1. The third-order valence-electron chi connectivity index (χ3n) is 5.91. The van der Waals surface area contributed by atoms with Crippen LogP contribution in [0.15, 0.2) is 18.2 Å². The summed E-state index contributed by atoms with van der Waals surface area (Å²) in [6.45, 7) is 1.79. The van der Waals surface area contributed by atoms with E-state index in [-0.39, 0.29) is 11.3 Å². The van der Waals surface area contributed by atoms with Crippen molar-refractivity contribution in [2.24, 2.45) is 11.3 Å². The molecule has 1 unspecified atom stereocenters. The number of methoxy groups -OCH3 is 1. The lowest BCUT2D eigenvalue weighted by molar-refractivity contribution is -0.156. The maximum Gasteiger partial charge on any atom is 0.325 e. The molecule has 8 heteroatoms. The van der Waals surface area contributed by atoms with Gasteiger partial charge in [0.25, 0.3) is 0 Å². The van der Waals surface area contributed by atoms with Crippen LogP contribution in [0.4, 0.5) is 5.69 Å². The number of nitrogen functional groups attached to an aromatic ring is 1. The van der Waals surface area contributed by atoms with Gasteiger partial charge in [-0.1, -0.05) is 0 Å². The summed E-state index contributed by atoms with van der Waals surface area (Å²) in [5.74, 6) is -2.90. The summed E-state index contributed by atoms with van der Waals surface area (Å²) in [6.07, 6.45) is 2.21. The van der Waals surface area contributed by atoms with Crippen LogP contribution in [0.3, 0.4) is 0 Å². The molecule has 0 spiro atoms. The Morgan fingerprint density at radius 2 is 1.89 bits per heavy atom. The highest BCUT2D eigenvalue weighted by molar-refractivity contribution is 6.28. The van der Waals surface area contributed by atoms with Crippen LogP contribution in [0.2, 0.25) is 0 Å². The first-order valence-corrected chi connectivity index (χ1v) is 9.63. The van der Waals surface area contributed by atoms with Gasteiger partial charge in [-0.05, 0) is 69.4 Å². The van der Waals surface area contributed by atoms with Gasteiger partial charge in [0.2, 0.25) is 0 Å². The Balaban J connectivity index is 2.11. The van der Waals surface area contributed by atoms with Crippen LogP contribution >= 0.6 is 0 Å². The molecule has 0 saturated carbocycles. The van der Waals surface area contributed by atoms with E-state index in [0.717, 1.165) is 6.42 Å². The Morgan fingerprint density at radius 1 is 1.18 bits per heavy atom. The maximum absolute atomic E-state index is 13.6. The van der Waals surface area contributed by atoms with Gasteiger partial charge < -0.3 is 26.2 Å². The molecule has 8 nitrogen and oxygen atoms in total. The fourth-order valence-corrected chi connectivity index (χ4v) is 4.39. The molecule has 0 amide bonds. The molecule has 0 aromatic heterocycles. The van der Waals surface area contributed by atoms with Gasteiger partial charge in [0.05, 0.1) is 18.8 Å².